The summed E-state index contributed by atoms with van der Waals surface area (Å²) in [4.78, 5) is 2.63. The average Bonchev–Trinajstić information content (AvgIpc) is 2.33. The summed E-state index contributed by atoms with van der Waals surface area (Å²) in [7, 11) is 0. The summed E-state index contributed by atoms with van der Waals surface area (Å²) in [6.45, 7) is 10.0. The first-order valence-corrected chi connectivity index (χ1v) is 6.98. The van der Waals surface area contributed by atoms with E-state index in [1.54, 1.807) is 0 Å². The van der Waals surface area contributed by atoms with E-state index in [0.717, 1.165) is 19.1 Å². The fourth-order valence-electron chi connectivity index (χ4n) is 2.85. The Hall–Kier alpha value is -0.0800. The van der Waals surface area contributed by atoms with Crippen LogP contribution in [-0.2, 0) is 4.74 Å². The SMILES string of the molecule is [CH2]C1CCN(CCCC2CCOCC2)CC1. The van der Waals surface area contributed by atoms with E-state index in [9.17, 15) is 0 Å². The zero-order valence-corrected chi connectivity index (χ0v) is 10.5. The third kappa shape index (κ3) is 4.06. The standard InChI is InChI=1S/C14H26NO/c1-13-4-9-15(10-5-13)8-2-3-14-6-11-16-12-7-14/h13-14H,1-12H2. The van der Waals surface area contributed by atoms with Crippen LogP contribution in [0, 0.1) is 18.8 Å². The third-order valence-corrected chi connectivity index (χ3v) is 4.13. The van der Waals surface area contributed by atoms with Gasteiger partial charge in [0.1, 0.15) is 0 Å². The second-order valence-electron chi connectivity index (χ2n) is 5.48. The Labute approximate surface area is 100 Å². The Bertz CT molecular complexity index is 181. The van der Waals surface area contributed by atoms with Gasteiger partial charge < -0.3 is 9.64 Å². The number of ether oxygens (including phenoxy) is 1. The lowest BCUT2D eigenvalue weighted by molar-refractivity contribution is 0.0618. The largest absolute Gasteiger partial charge is 0.381 e. The number of piperidine rings is 1. The Morgan fingerprint density at radius 1 is 1.06 bits per heavy atom. The Morgan fingerprint density at radius 2 is 1.75 bits per heavy atom. The van der Waals surface area contributed by atoms with Gasteiger partial charge in [0.25, 0.3) is 0 Å². The minimum atomic E-state index is 0.715. The highest BCUT2D eigenvalue weighted by atomic mass is 16.5. The predicted octanol–water partition coefficient (Wildman–Crippen LogP) is 2.74. The normalized spacial score (nSPS) is 26.1. The zero-order chi connectivity index (χ0) is 11.2. The average molecular weight is 224 g/mol. The van der Waals surface area contributed by atoms with Gasteiger partial charge in [-0.1, -0.05) is 6.92 Å². The number of likely N-dealkylation sites (tertiary alicyclic amines) is 1. The minimum Gasteiger partial charge on any atom is -0.381 e. The van der Waals surface area contributed by atoms with Crippen LogP contribution < -0.4 is 0 Å². The Morgan fingerprint density at radius 3 is 2.44 bits per heavy atom. The summed E-state index contributed by atoms with van der Waals surface area (Å²) in [6, 6.07) is 0. The molecule has 0 spiro atoms. The summed E-state index contributed by atoms with van der Waals surface area (Å²) in [5.74, 6) is 1.66. The molecule has 2 nitrogen and oxygen atoms in total. The molecule has 93 valence electrons. The van der Waals surface area contributed by atoms with Crippen LogP contribution in [0.25, 0.3) is 0 Å². The second-order valence-corrected chi connectivity index (χ2v) is 5.48. The quantitative estimate of drug-likeness (QED) is 0.728. The highest BCUT2D eigenvalue weighted by molar-refractivity contribution is 4.73. The molecule has 2 aliphatic rings. The van der Waals surface area contributed by atoms with Crippen LogP contribution >= 0.6 is 0 Å². The van der Waals surface area contributed by atoms with Gasteiger partial charge in [0, 0.05) is 13.2 Å². The van der Waals surface area contributed by atoms with Crippen molar-refractivity contribution in [1.82, 2.24) is 4.90 Å². The van der Waals surface area contributed by atoms with E-state index in [4.69, 9.17) is 4.74 Å². The zero-order valence-electron chi connectivity index (χ0n) is 10.5. The molecule has 1 radical (unpaired) electrons. The van der Waals surface area contributed by atoms with E-state index >= 15 is 0 Å². The topological polar surface area (TPSA) is 12.5 Å². The molecule has 0 N–H and O–H groups in total. The maximum atomic E-state index is 5.39. The van der Waals surface area contributed by atoms with Crippen LogP contribution in [0.4, 0.5) is 0 Å². The van der Waals surface area contributed by atoms with E-state index in [1.165, 1.54) is 58.2 Å². The molecule has 0 aromatic heterocycles. The minimum absolute atomic E-state index is 0.715. The fraction of sp³-hybridized carbons (Fsp3) is 0.929. The maximum absolute atomic E-state index is 5.39. The maximum Gasteiger partial charge on any atom is 0.0468 e. The summed E-state index contributed by atoms with van der Waals surface area (Å²) in [5, 5.41) is 0. The van der Waals surface area contributed by atoms with E-state index in [-0.39, 0.29) is 0 Å². The number of rotatable bonds is 4. The van der Waals surface area contributed by atoms with Gasteiger partial charge in [0.2, 0.25) is 0 Å². The lowest BCUT2D eigenvalue weighted by atomic mass is 9.94. The third-order valence-electron chi connectivity index (χ3n) is 4.13. The van der Waals surface area contributed by atoms with Crippen molar-refractivity contribution in [3.63, 3.8) is 0 Å². The second kappa shape index (κ2) is 6.61. The monoisotopic (exact) mass is 224 g/mol. The van der Waals surface area contributed by atoms with Gasteiger partial charge in [-0.3, -0.25) is 0 Å². The first-order chi connectivity index (χ1) is 7.84. The highest BCUT2D eigenvalue weighted by Gasteiger charge is 2.17. The molecule has 2 saturated heterocycles. The van der Waals surface area contributed by atoms with Gasteiger partial charge in [0.05, 0.1) is 0 Å². The van der Waals surface area contributed by atoms with Crippen molar-refractivity contribution in [3.8, 4) is 0 Å². The molecule has 2 rings (SSSR count). The van der Waals surface area contributed by atoms with Crippen molar-refractivity contribution in [2.45, 2.75) is 38.5 Å². The summed E-state index contributed by atoms with van der Waals surface area (Å²) >= 11 is 0. The fourth-order valence-corrected chi connectivity index (χ4v) is 2.85. The molecule has 0 unspecified atom stereocenters. The van der Waals surface area contributed by atoms with Gasteiger partial charge in [-0.05, 0) is 70.0 Å². The Balaban J connectivity index is 1.53. The van der Waals surface area contributed by atoms with Gasteiger partial charge in [-0.15, -0.1) is 0 Å². The lowest BCUT2D eigenvalue weighted by Gasteiger charge is -2.30. The number of nitrogens with zero attached hydrogens (tertiary/aromatic N) is 1. The molecule has 0 aromatic rings. The van der Waals surface area contributed by atoms with Crippen LogP contribution in [0.3, 0.4) is 0 Å². The van der Waals surface area contributed by atoms with Crippen LogP contribution in [0.1, 0.15) is 38.5 Å². The molecular formula is C14H26NO. The molecule has 0 amide bonds. The van der Waals surface area contributed by atoms with Gasteiger partial charge in [0.15, 0.2) is 0 Å². The number of hydrogen-bond donors (Lipinski definition) is 0. The molecule has 2 aliphatic heterocycles. The van der Waals surface area contributed by atoms with Crippen LogP contribution in [0.2, 0.25) is 0 Å². The summed E-state index contributed by atoms with van der Waals surface area (Å²) in [6.07, 6.45) is 7.98. The molecule has 0 saturated carbocycles. The van der Waals surface area contributed by atoms with E-state index in [1.807, 2.05) is 0 Å². The molecule has 0 aliphatic carbocycles. The van der Waals surface area contributed by atoms with Crippen molar-refractivity contribution in [3.05, 3.63) is 6.92 Å². The molecule has 2 fully saturated rings. The lowest BCUT2D eigenvalue weighted by Crippen LogP contribution is -2.34. The summed E-state index contributed by atoms with van der Waals surface area (Å²) < 4.78 is 5.39. The predicted molar refractivity (Wildman–Crippen MR) is 67.3 cm³/mol. The van der Waals surface area contributed by atoms with Crippen molar-refractivity contribution >= 4 is 0 Å². The molecule has 2 heterocycles. The summed E-state index contributed by atoms with van der Waals surface area (Å²) in [5.41, 5.74) is 0. The van der Waals surface area contributed by atoms with Gasteiger partial charge in [-0.25, -0.2) is 0 Å². The van der Waals surface area contributed by atoms with Crippen LogP contribution in [0.15, 0.2) is 0 Å². The molecule has 0 atom stereocenters. The van der Waals surface area contributed by atoms with E-state index in [0.29, 0.717) is 5.92 Å². The first kappa shape index (κ1) is 12.4. The van der Waals surface area contributed by atoms with Crippen molar-refractivity contribution in [2.75, 3.05) is 32.8 Å². The van der Waals surface area contributed by atoms with Crippen molar-refractivity contribution in [2.24, 2.45) is 11.8 Å². The van der Waals surface area contributed by atoms with E-state index < -0.39 is 0 Å². The van der Waals surface area contributed by atoms with E-state index in [2.05, 4.69) is 11.8 Å². The van der Waals surface area contributed by atoms with Crippen molar-refractivity contribution < 1.29 is 4.74 Å². The molecular weight excluding hydrogens is 198 g/mol. The van der Waals surface area contributed by atoms with Crippen molar-refractivity contribution in [1.29, 1.82) is 0 Å². The number of hydrogen-bond acceptors (Lipinski definition) is 2. The first-order valence-electron chi connectivity index (χ1n) is 6.98. The van der Waals surface area contributed by atoms with Crippen LogP contribution in [-0.4, -0.2) is 37.7 Å². The molecule has 16 heavy (non-hydrogen) atoms. The highest BCUT2D eigenvalue weighted by Crippen LogP contribution is 2.21. The Kier molecular flexibility index (Phi) is 5.11. The van der Waals surface area contributed by atoms with Gasteiger partial charge >= 0.3 is 0 Å². The smallest absolute Gasteiger partial charge is 0.0468 e. The molecule has 0 aromatic carbocycles. The molecule has 0 bridgehead atoms. The molecule has 2 heteroatoms. The van der Waals surface area contributed by atoms with Crippen LogP contribution in [0.5, 0.6) is 0 Å². The van der Waals surface area contributed by atoms with Gasteiger partial charge in [-0.2, -0.15) is 0 Å².